The Morgan fingerprint density at radius 3 is 2.79 bits per heavy atom. The second-order valence-electron chi connectivity index (χ2n) is 5.58. The molecule has 0 spiro atoms. The van der Waals surface area contributed by atoms with Crippen LogP contribution in [-0.2, 0) is 4.79 Å². The van der Waals surface area contributed by atoms with Gasteiger partial charge in [-0.15, -0.1) is 0 Å². The molecule has 0 radical (unpaired) electrons. The molecular weight excluding hydrogens is 243 g/mol. The number of nitrogens with one attached hydrogen (secondary N) is 1. The standard InChI is InChI=1S/C15H19FN2O/c1-10-5-4-8-13(10)18-14(19)9-17-15(18)11-6-2-3-7-12(11)16/h2-3,6-7,10,13,15,17H,4-5,8-9H2,1H3. The molecule has 1 aliphatic heterocycles. The lowest BCUT2D eigenvalue weighted by atomic mass is 10.0. The van der Waals surface area contributed by atoms with Crippen molar-refractivity contribution in [3.05, 3.63) is 35.6 Å². The van der Waals surface area contributed by atoms with Crippen molar-refractivity contribution in [1.29, 1.82) is 0 Å². The van der Waals surface area contributed by atoms with Gasteiger partial charge in [0.1, 0.15) is 12.0 Å². The van der Waals surface area contributed by atoms with Crippen molar-refractivity contribution in [2.24, 2.45) is 5.92 Å². The van der Waals surface area contributed by atoms with Crippen molar-refractivity contribution in [2.75, 3.05) is 6.54 Å². The van der Waals surface area contributed by atoms with Gasteiger partial charge in [-0.3, -0.25) is 10.1 Å². The first-order valence-electron chi connectivity index (χ1n) is 6.97. The molecule has 3 unspecified atom stereocenters. The first-order valence-corrected chi connectivity index (χ1v) is 6.97. The molecule has 0 bridgehead atoms. The van der Waals surface area contributed by atoms with E-state index in [1.807, 2.05) is 11.0 Å². The Hall–Kier alpha value is -1.42. The van der Waals surface area contributed by atoms with Crippen LogP contribution in [0, 0.1) is 11.7 Å². The number of carbonyl (C=O) groups is 1. The minimum absolute atomic E-state index is 0.0898. The maximum atomic E-state index is 13.9. The third-order valence-electron chi connectivity index (χ3n) is 4.39. The van der Waals surface area contributed by atoms with Gasteiger partial charge in [-0.1, -0.05) is 31.5 Å². The number of hydrogen-bond donors (Lipinski definition) is 1. The minimum atomic E-state index is -0.306. The van der Waals surface area contributed by atoms with E-state index in [9.17, 15) is 9.18 Å². The maximum absolute atomic E-state index is 13.9. The van der Waals surface area contributed by atoms with E-state index >= 15 is 0 Å². The molecule has 4 heteroatoms. The predicted molar refractivity (Wildman–Crippen MR) is 70.8 cm³/mol. The monoisotopic (exact) mass is 262 g/mol. The summed E-state index contributed by atoms with van der Waals surface area (Å²) in [4.78, 5) is 14.0. The van der Waals surface area contributed by atoms with Crippen molar-refractivity contribution in [3.63, 3.8) is 0 Å². The Morgan fingerprint density at radius 1 is 1.32 bits per heavy atom. The van der Waals surface area contributed by atoms with Gasteiger partial charge in [0.25, 0.3) is 0 Å². The molecule has 1 amide bonds. The molecule has 3 atom stereocenters. The van der Waals surface area contributed by atoms with Crippen LogP contribution in [0.5, 0.6) is 0 Å². The summed E-state index contributed by atoms with van der Waals surface area (Å²) in [6.07, 6.45) is 3.02. The minimum Gasteiger partial charge on any atom is -0.318 e. The number of amides is 1. The highest BCUT2D eigenvalue weighted by Gasteiger charge is 2.41. The summed E-state index contributed by atoms with van der Waals surface area (Å²) in [6, 6.07) is 6.96. The van der Waals surface area contributed by atoms with E-state index in [-0.39, 0.29) is 23.9 Å². The molecule has 1 heterocycles. The highest BCUT2D eigenvalue weighted by atomic mass is 19.1. The van der Waals surface area contributed by atoms with Gasteiger partial charge in [0.2, 0.25) is 5.91 Å². The normalized spacial score (nSPS) is 31.2. The number of benzene rings is 1. The van der Waals surface area contributed by atoms with Gasteiger partial charge in [0, 0.05) is 11.6 Å². The molecule has 2 aliphatic rings. The summed E-state index contributed by atoms with van der Waals surface area (Å²) in [5.74, 6) is 0.343. The lowest BCUT2D eigenvalue weighted by Crippen LogP contribution is -2.41. The molecule has 1 aromatic rings. The van der Waals surface area contributed by atoms with Gasteiger partial charge in [-0.25, -0.2) is 4.39 Å². The summed E-state index contributed by atoms with van der Waals surface area (Å²) in [5, 5.41) is 3.15. The Kier molecular flexibility index (Phi) is 3.27. The van der Waals surface area contributed by atoms with Gasteiger partial charge in [0.15, 0.2) is 0 Å². The third-order valence-corrected chi connectivity index (χ3v) is 4.39. The highest BCUT2D eigenvalue weighted by molar-refractivity contribution is 5.81. The fourth-order valence-corrected chi connectivity index (χ4v) is 3.39. The van der Waals surface area contributed by atoms with E-state index in [0.29, 0.717) is 18.0 Å². The first kappa shape index (κ1) is 12.6. The fourth-order valence-electron chi connectivity index (χ4n) is 3.39. The molecule has 102 valence electrons. The summed E-state index contributed by atoms with van der Waals surface area (Å²) in [6.45, 7) is 2.49. The zero-order chi connectivity index (χ0) is 13.4. The second kappa shape index (κ2) is 4.93. The molecule has 1 N–H and O–H groups in total. The second-order valence-corrected chi connectivity index (χ2v) is 5.58. The van der Waals surface area contributed by atoms with Crippen LogP contribution in [0.1, 0.15) is 37.9 Å². The van der Waals surface area contributed by atoms with E-state index in [1.54, 1.807) is 12.1 Å². The Bertz CT molecular complexity index is 491. The van der Waals surface area contributed by atoms with Crippen molar-refractivity contribution < 1.29 is 9.18 Å². The maximum Gasteiger partial charge on any atom is 0.238 e. The average Bonchev–Trinajstić information content (AvgIpc) is 2.96. The summed E-state index contributed by atoms with van der Waals surface area (Å²) < 4.78 is 13.9. The van der Waals surface area contributed by atoms with Crippen LogP contribution in [-0.4, -0.2) is 23.4 Å². The van der Waals surface area contributed by atoms with Crippen LogP contribution < -0.4 is 5.32 Å². The Balaban J connectivity index is 1.92. The third kappa shape index (κ3) is 2.14. The Morgan fingerprint density at radius 2 is 2.11 bits per heavy atom. The van der Waals surface area contributed by atoms with Crippen molar-refractivity contribution >= 4 is 5.91 Å². The van der Waals surface area contributed by atoms with Crippen LogP contribution in [0.3, 0.4) is 0 Å². The molecule has 0 aromatic heterocycles. The van der Waals surface area contributed by atoms with E-state index < -0.39 is 0 Å². The predicted octanol–water partition coefficient (Wildman–Crippen LogP) is 2.44. The number of halogens is 1. The molecule has 19 heavy (non-hydrogen) atoms. The molecule has 1 saturated carbocycles. The number of rotatable bonds is 2. The Labute approximate surface area is 112 Å². The quantitative estimate of drug-likeness (QED) is 0.888. The van der Waals surface area contributed by atoms with E-state index in [1.165, 1.54) is 6.07 Å². The van der Waals surface area contributed by atoms with Gasteiger partial charge in [0.05, 0.1) is 6.54 Å². The van der Waals surface area contributed by atoms with Gasteiger partial charge < -0.3 is 4.90 Å². The molecule has 1 aromatic carbocycles. The van der Waals surface area contributed by atoms with Crippen LogP contribution in [0.25, 0.3) is 0 Å². The van der Waals surface area contributed by atoms with Crippen molar-refractivity contribution in [1.82, 2.24) is 10.2 Å². The van der Waals surface area contributed by atoms with E-state index in [2.05, 4.69) is 12.2 Å². The largest absolute Gasteiger partial charge is 0.318 e. The van der Waals surface area contributed by atoms with E-state index in [0.717, 1.165) is 19.3 Å². The lowest BCUT2D eigenvalue weighted by molar-refractivity contribution is -0.131. The van der Waals surface area contributed by atoms with Gasteiger partial charge in [-0.2, -0.15) is 0 Å². The summed E-state index contributed by atoms with van der Waals surface area (Å²) in [7, 11) is 0. The summed E-state index contributed by atoms with van der Waals surface area (Å²) in [5.41, 5.74) is 0.576. The van der Waals surface area contributed by atoms with Gasteiger partial charge >= 0.3 is 0 Å². The molecule has 1 aliphatic carbocycles. The number of nitrogens with zero attached hydrogens (tertiary/aromatic N) is 1. The van der Waals surface area contributed by atoms with E-state index in [4.69, 9.17) is 0 Å². The number of carbonyl (C=O) groups excluding carboxylic acids is 1. The summed E-state index contributed by atoms with van der Waals surface area (Å²) >= 11 is 0. The average molecular weight is 262 g/mol. The van der Waals surface area contributed by atoms with Crippen molar-refractivity contribution in [2.45, 2.75) is 38.4 Å². The number of hydrogen-bond acceptors (Lipinski definition) is 2. The zero-order valence-corrected chi connectivity index (χ0v) is 11.1. The van der Waals surface area contributed by atoms with Crippen LogP contribution in [0.4, 0.5) is 4.39 Å². The molecule has 2 fully saturated rings. The molecular formula is C15H19FN2O. The smallest absolute Gasteiger partial charge is 0.238 e. The van der Waals surface area contributed by atoms with Crippen LogP contribution >= 0.6 is 0 Å². The van der Waals surface area contributed by atoms with Crippen molar-refractivity contribution in [3.8, 4) is 0 Å². The molecule has 3 nitrogen and oxygen atoms in total. The van der Waals surface area contributed by atoms with Crippen LogP contribution in [0.2, 0.25) is 0 Å². The highest BCUT2D eigenvalue weighted by Crippen LogP contribution is 2.36. The van der Waals surface area contributed by atoms with Gasteiger partial charge in [-0.05, 0) is 24.8 Å². The molecule has 3 rings (SSSR count). The zero-order valence-electron chi connectivity index (χ0n) is 11.1. The lowest BCUT2D eigenvalue weighted by Gasteiger charge is -2.33. The fraction of sp³-hybridized carbons (Fsp3) is 0.533. The topological polar surface area (TPSA) is 32.3 Å². The SMILES string of the molecule is CC1CCCC1N1C(=O)CNC1c1ccccc1F. The first-order chi connectivity index (χ1) is 9.18. The van der Waals surface area contributed by atoms with Crippen LogP contribution in [0.15, 0.2) is 24.3 Å². The molecule has 1 saturated heterocycles.